The second kappa shape index (κ2) is 6.77. The van der Waals surface area contributed by atoms with Gasteiger partial charge in [-0.2, -0.15) is 0 Å². The minimum Gasteiger partial charge on any atom is -0.461 e. The molecule has 0 bridgehead atoms. The van der Waals surface area contributed by atoms with Crippen LogP contribution in [-0.4, -0.2) is 17.1 Å². The van der Waals surface area contributed by atoms with Crippen LogP contribution in [0.25, 0.3) is 11.1 Å². The summed E-state index contributed by atoms with van der Waals surface area (Å²) in [6.45, 7) is 8.90. The average molecular weight is 303 g/mol. The van der Waals surface area contributed by atoms with Crippen molar-refractivity contribution in [2.75, 3.05) is 6.61 Å². The predicted octanol–water partition coefficient (Wildman–Crippen LogP) is 4.61. The highest BCUT2D eigenvalue weighted by Gasteiger charge is 2.24. The third-order valence-corrected chi connectivity index (χ3v) is 3.66. The topological polar surface area (TPSA) is 31.2 Å². The number of aromatic nitrogens is 1. The maximum Gasteiger partial charge on any atom is 0.355 e. The molecular weight excluding hydrogens is 281 g/mol. The highest BCUT2D eigenvalue weighted by atomic mass is 19.1. The fourth-order valence-corrected chi connectivity index (χ4v) is 2.69. The van der Waals surface area contributed by atoms with Crippen LogP contribution in [0.5, 0.6) is 0 Å². The summed E-state index contributed by atoms with van der Waals surface area (Å²) in [4.78, 5) is 12.3. The zero-order valence-electron chi connectivity index (χ0n) is 13.5. The molecule has 0 fully saturated rings. The molecule has 1 heterocycles. The number of benzene rings is 1. The van der Waals surface area contributed by atoms with Crippen LogP contribution in [0.1, 0.15) is 49.7 Å². The van der Waals surface area contributed by atoms with Crippen LogP contribution in [0.15, 0.2) is 30.5 Å². The first kappa shape index (κ1) is 16.3. The smallest absolute Gasteiger partial charge is 0.355 e. The highest BCUT2D eigenvalue weighted by Crippen LogP contribution is 2.34. The lowest BCUT2D eigenvalue weighted by atomic mass is 9.94. The molecule has 22 heavy (non-hydrogen) atoms. The van der Waals surface area contributed by atoms with Gasteiger partial charge in [-0.25, -0.2) is 9.18 Å². The van der Waals surface area contributed by atoms with Crippen molar-refractivity contribution in [3.63, 3.8) is 0 Å². The normalized spacial score (nSPS) is 11.0. The number of rotatable bonds is 5. The summed E-state index contributed by atoms with van der Waals surface area (Å²) < 4.78 is 20.3. The molecule has 3 nitrogen and oxygen atoms in total. The molecule has 1 aromatic carbocycles. The van der Waals surface area contributed by atoms with Gasteiger partial charge in [-0.15, -0.1) is 0 Å². The Bertz CT molecular complexity index is 656. The molecule has 4 heteroatoms. The molecule has 0 saturated carbocycles. The standard InChI is InChI=1S/C18H22FNO2/c1-5-20-11-15(13-7-9-14(19)10-8-13)16(12(3)4)17(20)18(21)22-6-2/h7-12H,5-6H2,1-4H3. The number of carbonyl (C=O) groups excluding carboxylic acids is 1. The van der Waals surface area contributed by atoms with Gasteiger partial charge >= 0.3 is 5.97 Å². The summed E-state index contributed by atoms with van der Waals surface area (Å²) in [5.74, 6) is -0.413. The van der Waals surface area contributed by atoms with Gasteiger partial charge in [0, 0.05) is 18.3 Å². The summed E-state index contributed by atoms with van der Waals surface area (Å²) in [7, 11) is 0. The fraction of sp³-hybridized carbons (Fsp3) is 0.389. The molecule has 0 spiro atoms. The zero-order chi connectivity index (χ0) is 16.3. The molecule has 2 aromatic rings. The summed E-state index contributed by atoms with van der Waals surface area (Å²) in [5, 5.41) is 0. The third-order valence-electron chi connectivity index (χ3n) is 3.66. The lowest BCUT2D eigenvalue weighted by Gasteiger charge is -2.12. The Labute approximate surface area is 130 Å². The van der Waals surface area contributed by atoms with Crippen molar-refractivity contribution in [2.45, 2.75) is 40.2 Å². The molecule has 2 rings (SSSR count). The van der Waals surface area contributed by atoms with Gasteiger partial charge in [0.1, 0.15) is 11.5 Å². The Morgan fingerprint density at radius 1 is 1.23 bits per heavy atom. The summed E-state index contributed by atoms with van der Waals surface area (Å²) >= 11 is 0. The fourth-order valence-electron chi connectivity index (χ4n) is 2.69. The highest BCUT2D eigenvalue weighted by molar-refractivity contribution is 5.93. The van der Waals surface area contributed by atoms with Crippen molar-refractivity contribution in [2.24, 2.45) is 0 Å². The minimum atomic E-state index is -0.304. The van der Waals surface area contributed by atoms with Gasteiger partial charge in [0.15, 0.2) is 0 Å². The number of ether oxygens (including phenoxy) is 1. The molecule has 118 valence electrons. The number of nitrogens with zero attached hydrogens (tertiary/aromatic N) is 1. The average Bonchev–Trinajstić information content (AvgIpc) is 2.88. The quantitative estimate of drug-likeness (QED) is 0.755. The van der Waals surface area contributed by atoms with Crippen molar-refractivity contribution >= 4 is 5.97 Å². The predicted molar refractivity (Wildman–Crippen MR) is 85.5 cm³/mol. The van der Waals surface area contributed by atoms with E-state index in [-0.39, 0.29) is 17.7 Å². The molecule has 0 unspecified atom stereocenters. The van der Waals surface area contributed by atoms with Gasteiger partial charge in [-0.3, -0.25) is 0 Å². The van der Waals surface area contributed by atoms with E-state index in [0.717, 1.165) is 16.7 Å². The van der Waals surface area contributed by atoms with E-state index in [1.807, 2.05) is 31.5 Å². The van der Waals surface area contributed by atoms with Crippen LogP contribution < -0.4 is 0 Å². The van der Waals surface area contributed by atoms with Gasteiger partial charge < -0.3 is 9.30 Å². The van der Waals surface area contributed by atoms with E-state index in [1.54, 1.807) is 19.1 Å². The van der Waals surface area contributed by atoms with E-state index in [9.17, 15) is 9.18 Å². The molecule has 0 amide bonds. The number of aryl methyl sites for hydroxylation is 1. The van der Waals surface area contributed by atoms with Crippen LogP contribution in [0, 0.1) is 5.82 Å². The monoisotopic (exact) mass is 303 g/mol. The van der Waals surface area contributed by atoms with Crippen molar-refractivity contribution in [3.8, 4) is 11.1 Å². The Kier molecular flexibility index (Phi) is 5.01. The molecule has 0 aliphatic heterocycles. The van der Waals surface area contributed by atoms with E-state index < -0.39 is 0 Å². The molecule has 1 aromatic heterocycles. The first-order valence-electron chi connectivity index (χ1n) is 7.65. The second-order valence-corrected chi connectivity index (χ2v) is 5.47. The van der Waals surface area contributed by atoms with Crippen LogP contribution in [0.2, 0.25) is 0 Å². The van der Waals surface area contributed by atoms with Gasteiger partial charge in [-0.05, 0) is 43.0 Å². The SMILES string of the molecule is CCOC(=O)c1c(C(C)C)c(-c2ccc(F)cc2)cn1CC. The number of esters is 1. The Morgan fingerprint density at radius 3 is 2.36 bits per heavy atom. The minimum absolute atomic E-state index is 0.159. The Morgan fingerprint density at radius 2 is 1.86 bits per heavy atom. The molecule has 0 saturated heterocycles. The largest absolute Gasteiger partial charge is 0.461 e. The van der Waals surface area contributed by atoms with Crippen LogP contribution >= 0.6 is 0 Å². The van der Waals surface area contributed by atoms with Crippen LogP contribution in [0.3, 0.4) is 0 Å². The number of hydrogen-bond donors (Lipinski definition) is 0. The van der Waals surface area contributed by atoms with E-state index in [1.165, 1.54) is 12.1 Å². The maximum absolute atomic E-state index is 13.2. The van der Waals surface area contributed by atoms with Gasteiger partial charge in [0.25, 0.3) is 0 Å². The first-order chi connectivity index (χ1) is 10.5. The van der Waals surface area contributed by atoms with E-state index in [4.69, 9.17) is 4.74 Å². The third kappa shape index (κ3) is 3.06. The van der Waals surface area contributed by atoms with Crippen molar-refractivity contribution in [1.82, 2.24) is 4.57 Å². The maximum atomic E-state index is 13.2. The molecule has 0 aliphatic carbocycles. The lowest BCUT2D eigenvalue weighted by molar-refractivity contribution is 0.0512. The Balaban J connectivity index is 2.64. The van der Waals surface area contributed by atoms with Gasteiger partial charge in [-0.1, -0.05) is 26.0 Å². The molecule has 0 N–H and O–H groups in total. The molecule has 0 radical (unpaired) electrons. The zero-order valence-corrected chi connectivity index (χ0v) is 13.5. The summed E-state index contributed by atoms with van der Waals surface area (Å²) in [5.41, 5.74) is 3.41. The molecule has 0 atom stereocenters. The molecule has 0 aliphatic rings. The lowest BCUT2D eigenvalue weighted by Crippen LogP contribution is -2.14. The first-order valence-corrected chi connectivity index (χ1v) is 7.65. The van der Waals surface area contributed by atoms with Crippen molar-refractivity contribution in [1.29, 1.82) is 0 Å². The molecular formula is C18H22FNO2. The van der Waals surface area contributed by atoms with Crippen molar-refractivity contribution in [3.05, 3.63) is 47.5 Å². The number of halogens is 1. The summed E-state index contributed by atoms with van der Waals surface area (Å²) in [6.07, 6.45) is 1.95. The van der Waals surface area contributed by atoms with E-state index >= 15 is 0 Å². The van der Waals surface area contributed by atoms with E-state index in [0.29, 0.717) is 18.8 Å². The van der Waals surface area contributed by atoms with Crippen LogP contribution in [0.4, 0.5) is 4.39 Å². The van der Waals surface area contributed by atoms with Gasteiger partial charge in [0.2, 0.25) is 0 Å². The number of carbonyl (C=O) groups is 1. The van der Waals surface area contributed by atoms with Crippen molar-refractivity contribution < 1.29 is 13.9 Å². The van der Waals surface area contributed by atoms with Crippen LogP contribution in [-0.2, 0) is 11.3 Å². The number of hydrogen-bond acceptors (Lipinski definition) is 2. The van der Waals surface area contributed by atoms with Gasteiger partial charge in [0.05, 0.1) is 6.61 Å². The second-order valence-electron chi connectivity index (χ2n) is 5.47. The van der Waals surface area contributed by atoms with E-state index in [2.05, 4.69) is 0 Å². The Hall–Kier alpha value is -2.10. The summed E-state index contributed by atoms with van der Waals surface area (Å²) in [6, 6.07) is 6.36.